The van der Waals surface area contributed by atoms with E-state index >= 15 is 0 Å². The minimum atomic E-state index is 1.25. The fraction of sp³-hybridized carbons (Fsp3) is 0.852. The van der Waals surface area contributed by atoms with Crippen molar-refractivity contribution in [2.24, 2.45) is 0 Å². The summed E-state index contributed by atoms with van der Waals surface area (Å²) in [5.41, 5.74) is 0. The molecule has 0 bridgehead atoms. The van der Waals surface area contributed by atoms with Crippen LogP contribution in [0.2, 0.25) is 0 Å². The lowest BCUT2D eigenvalue weighted by atomic mass is 10.1. The van der Waals surface area contributed by atoms with Crippen LogP contribution in [-0.4, -0.2) is 24.5 Å². The maximum Gasteiger partial charge on any atom is -0.00186 e. The molecule has 0 heterocycles. The molecular weight excluding hydrogens is 338 g/mol. The third-order valence-electron chi connectivity index (χ3n) is 5.51. The first-order valence-corrected chi connectivity index (χ1v) is 12.9. The van der Waals surface area contributed by atoms with E-state index in [0.717, 1.165) is 0 Å². The van der Waals surface area contributed by atoms with Gasteiger partial charge in [-0.2, -0.15) is 0 Å². The van der Waals surface area contributed by atoms with Crippen LogP contribution >= 0.6 is 0 Å². The third-order valence-corrected chi connectivity index (χ3v) is 5.51. The monoisotopic (exact) mass is 391 g/mol. The molecule has 166 valence electrons. The molecule has 0 spiro atoms. The summed E-state index contributed by atoms with van der Waals surface area (Å²) in [5.74, 6) is 0. The third kappa shape index (κ3) is 21.7. The van der Waals surface area contributed by atoms with E-state index in [-0.39, 0.29) is 0 Å². The molecule has 0 aromatic heterocycles. The van der Waals surface area contributed by atoms with Crippen molar-refractivity contribution in [3.8, 4) is 0 Å². The van der Waals surface area contributed by atoms with Crippen LogP contribution in [0.15, 0.2) is 24.3 Å². The predicted octanol–water partition coefficient (Wildman–Crippen LogP) is 9.09. The second-order valence-corrected chi connectivity index (χ2v) is 8.47. The molecular formula is C27H53N. The predicted molar refractivity (Wildman–Crippen MR) is 130 cm³/mol. The summed E-state index contributed by atoms with van der Waals surface area (Å²) in [6.45, 7) is 10.8. The van der Waals surface area contributed by atoms with Gasteiger partial charge in [0.05, 0.1) is 0 Å². The molecule has 1 heteroatoms. The van der Waals surface area contributed by atoms with E-state index in [1.165, 1.54) is 129 Å². The van der Waals surface area contributed by atoms with E-state index < -0.39 is 0 Å². The highest BCUT2D eigenvalue weighted by Crippen LogP contribution is 2.10. The topological polar surface area (TPSA) is 3.24 Å². The summed E-state index contributed by atoms with van der Waals surface area (Å²) in [5, 5.41) is 0. The van der Waals surface area contributed by atoms with Gasteiger partial charge in [-0.1, -0.05) is 96.4 Å². The number of rotatable bonds is 22. The molecule has 0 saturated heterocycles. The summed E-state index contributed by atoms with van der Waals surface area (Å²) < 4.78 is 0. The molecule has 0 amide bonds. The zero-order chi connectivity index (χ0) is 20.5. The molecule has 0 unspecified atom stereocenters. The average Bonchev–Trinajstić information content (AvgIpc) is 2.71. The van der Waals surface area contributed by atoms with Gasteiger partial charge in [-0.15, -0.1) is 0 Å². The molecule has 0 aliphatic rings. The van der Waals surface area contributed by atoms with Crippen LogP contribution in [0, 0.1) is 0 Å². The van der Waals surface area contributed by atoms with Crippen LogP contribution in [0.3, 0.4) is 0 Å². The van der Waals surface area contributed by atoms with E-state index in [2.05, 4.69) is 50.0 Å². The van der Waals surface area contributed by atoms with E-state index in [4.69, 9.17) is 0 Å². The summed E-state index contributed by atoms with van der Waals surface area (Å²) >= 11 is 0. The Morgan fingerprint density at radius 2 is 0.786 bits per heavy atom. The first-order chi connectivity index (χ1) is 13.8. The van der Waals surface area contributed by atoms with E-state index in [0.29, 0.717) is 0 Å². The Hall–Kier alpha value is -0.560. The highest BCUT2D eigenvalue weighted by atomic mass is 15.1. The zero-order valence-corrected chi connectivity index (χ0v) is 19.9. The van der Waals surface area contributed by atoms with Crippen LogP contribution in [-0.2, 0) is 0 Å². The summed E-state index contributed by atoms with van der Waals surface area (Å²) in [4.78, 5) is 2.76. The van der Waals surface area contributed by atoms with Crippen LogP contribution in [0.4, 0.5) is 0 Å². The van der Waals surface area contributed by atoms with Crippen molar-refractivity contribution in [3.05, 3.63) is 24.3 Å². The van der Waals surface area contributed by atoms with Crippen LogP contribution < -0.4 is 0 Å². The van der Waals surface area contributed by atoms with Crippen molar-refractivity contribution < 1.29 is 0 Å². The molecule has 0 atom stereocenters. The van der Waals surface area contributed by atoms with E-state index in [9.17, 15) is 0 Å². The standard InChI is InChI=1S/C27H53N/c1-4-7-10-13-16-19-22-25-28(26-23-20-17-14-11-8-5-2)27-24-21-18-15-12-9-6-3/h10-11,13-14H,4-9,12,15-27H2,1-3H3/b13-10+,14-11+. The van der Waals surface area contributed by atoms with Crippen LogP contribution in [0.25, 0.3) is 0 Å². The van der Waals surface area contributed by atoms with Crippen molar-refractivity contribution in [3.63, 3.8) is 0 Å². The van der Waals surface area contributed by atoms with Crippen LogP contribution in [0.1, 0.15) is 130 Å². The van der Waals surface area contributed by atoms with Gasteiger partial charge in [0, 0.05) is 0 Å². The van der Waals surface area contributed by atoms with Gasteiger partial charge in [0.25, 0.3) is 0 Å². The molecule has 0 aliphatic carbocycles. The number of hydrogen-bond donors (Lipinski definition) is 0. The molecule has 0 aromatic carbocycles. The first kappa shape index (κ1) is 27.4. The molecule has 0 rings (SSSR count). The maximum absolute atomic E-state index is 2.76. The summed E-state index contributed by atoms with van der Waals surface area (Å²) in [6, 6.07) is 0. The van der Waals surface area contributed by atoms with Gasteiger partial charge in [0.1, 0.15) is 0 Å². The minimum Gasteiger partial charge on any atom is -0.303 e. The minimum absolute atomic E-state index is 1.25. The summed E-state index contributed by atoms with van der Waals surface area (Å²) in [7, 11) is 0. The number of hydrogen-bond acceptors (Lipinski definition) is 1. The Morgan fingerprint density at radius 1 is 0.393 bits per heavy atom. The molecule has 0 aromatic rings. The highest BCUT2D eigenvalue weighted by Gasteiger charge is 2.04. The largest absolute Gasteiger partial charge is 0.303 e. The second kappa shape index (κ2) is 24.5. The number of unbranched alkanes of at least 4 members (excludes halogenated alkanes) is 12. The van der Waals surface area contributed by atoms with Gasteiger partial charge in [-0.3, -0.25) is 0 Å². The smallest absolute Gasteiger partial charge is 0.00186 e. The summed E-state index contributed by atoms with van der Waals surface area (Å²) in [6.07, 6.45) is 32.5. The van der Waals surface area contributed by atoms with Crippen molar-refractivity contribution in [2.45, 2.75) is 130 Å². The quantitative estimate of drug-likeness (QED) is 0.131. The van der Waals surface area contributed by atoms with Gasteiger partial charge in [0.15, 0.2) is 0 Å². The fourth-order valence-corrected chi connectivity index (χ4v) is 3.63. The van der Waals surface area contributed by atoms with Crippen molar-refractivity contribution in [1.29, 1.82) is 0 Å². The Bertz CT molecular complexity index is 307. The lowest BCUT2D eigenvalue weighted by Gasteiger charge is -2.22. The Kier molecular flexibility index (Phi) is 24.0. The zero-order valence-electron chi connectivity index (χ0n) is 19.9. The number of nitrogens with zero attached hydrogens (tertiary/aromatic N) is 1. The van der Waals surface area contributed by atoms with Crippen molar-refractivity contribution >= 4 is 0 Å². The average molecular weight is 392 g/mol. The molecule has 1 nitrogen and oxygen atoms in total. The van der Waals surface area contributed by atoms with Crippen molar-refractivity contribution in [1.82, 2.24) is 4.90 Å². The Labute approximate surface area is 179 Å². The molecule has 0 N–H and O–H groups in total. The Balaban J connectivity index is 3.91. The van der Waals surface area contributed by atoms with Gasteiger partial charge >= 0.3 is 0 Å². The lowest BCUT2D eigenvalue weighted by molar-refractivity contribution is 0.256. The van der Waals surface area contributed by atoms with Gasteiger partial charge in [0.2, 0.25) is 0 Å². The van der Waals surface area contributed by atoms with Gasteiger partial charge < -0.3 is 4.90 Å². The molecule has 0 fully saturated rings. The van der Waals surface area contributed by atoms with Gasteiger partial charge in [-0.05, 0) is 77.4 Å². The SMILES string of the molecule is CCC/C=C/CCCCN(CCCC/C=C/CCC)CCCCCCCCC. The lowest BCUT2D eigenvalue weighted by Crippen LogP contribution is -2.27. The van der Waals surface area contributed by atoms with E-state index in [1.54, 1.807) is 0 Å². The molecule has 0 saturated carbocycles. The maximum atomic E-state index is 2.76. The van der Waals surface area contributed by atoms with Crippen LogP contribution in [0.5, 0.6) is 0 Å². The molecule has 0 aliphatic heterocycles. The number of allylic oxidation sites excluding steroid dienone is 4. The second-order valence-electron chi connectivity index (χ2n) is 8.47. The fourth-order valence-electron chi connectivity index (χ4n) is 3.63. The molecule has 0 radical (unpaired) electrons. The molecule has 28 heavy (non-hydrogen) atoms. The van der Waals surface area contributed by atoms with Gasteiger partial charge in [-0.25, -0.2) is 0 Å². The Morgan fingerprint density at radius 3 is 1.25 bits per heavy atom. The normalized spacial score (nSPS) is 12.1. The highest BCUT2D eigenvalue weighted by molar-refractivity contribution is 4.81. The first-order valence-electron chi connectivity index (χ1n) is 12.9. The van der Waals surface area contributed by atoms with E-state index in [1.807, 2.05) is 0 Å². The van der Waals surface area contributed by atoms with Crippen molar-refractivity contribution in [2.75, 3.05) is 19.6 Å².